The highest BCUT2D eigenvalue weighted by Crippen LogP contribution is 2.45. The predicted molar refractivity (Wildman–Crippen MR) is 55.7 cm³/mol. The molecule has 1 aliphatic heterocycles. The Kier molecular flexibility index (Phi) is 1.79. The van der Waals surface area contributed by atoms with Gasteiger partial charge in [0.05, 0.1) is 6.61 Å². The number of hydrogen-bond donors (Lipinski definition) is 0. The van der Waals surface area contributed by atoms with Crippen molar-refractivity contribution >= 4 is 15.9 Å². The molecular weight excluding hydrogens is 228 g/mol. The first kappa shape index (κ1) is 8.10. The van der Waals surface area contributed by atoms with Crippen LogP contribution < -0.4 is 0 Å². The van der Waals surface area contributed by atoms with Gasteiger partial charge in [0.2, 0.25) is 0 Å². The van der Waals surface area contributed by atoms with Gasteiger partial charge in [0.1, 0.15) is 5.76 Å². The second kappa shape index (κ2) is 2.88. The van der Waals surface area contributed by atoms with Crippen LogP contribution in [-0.4, -0.2) is 11.4 Å². The van der Waals surface area contributed by atoms with Crippen molar-refractivity contribution in [2.75, 3.05) is 6.61 Å². The van der Waals surface area contributed by atoms with Gasteiger partial charge >= 0.3 is 0 Å². The second-order valence-electron chi connectivity index (χ2n) is 4.10. The smallest absolute Gasteiger partial charge is 0.101 e. The molecule has 0 saturated carbocycles. The quantitative estimate of drug-likeness (QED) is 0.592. The molecule has 0 aromatic carbocycles. The van der Waals surface area contributed by atoms with Crippen LogP contribution in [0.2, 0.25) is 0 Å². The molecule has 0 bridgehead atoms. The van der Waals surface area contributed by atoms with Crippen LogP contribution in [0.1, 0.15) is 25.7 Å². The third kappa shape index (κ3) is 1.11. The summed E-state index contributed by atoms with van der Waals surface area (Å²) in [5.74, 6) is 1.87. The molecule has 2 aliphatic carbocycles. The summed E-state index contributed by atoms with van der Waals surface area (Å²) in [5, 5.41) is 0. The van der Waals surface area contributed by atoms with Crippen molar-refractivity contribution in [3.05, 3.63) is 23.0 Å². The van der Waals surface area contributed by atoms with E-state index in [0.717, 1.165) is 6.61 Å². The van der Waals surface area contributed by atoms with E-state index in [4.69, 9.17) is 4.74 Å². The summed E-state index contributed by atoms with van der Waals surface area (Å²) < 4.78 is 5.63. The lowest BCUT2D eigenvalue weighted by Crippen LogP contribution is -2.19. The van der Waals surface area contributed by atoms with Crippen molar-refractivity contribution in [3.63, 3.8) is 0 Å². The van der Waals surface area contributed by atoms with Crippen molar-refractivity contribution < 1.29 is 4.74 Å². The van der Waals surface area contributed by atoms with Crippen LogP contribution in [0.5, 0.6) is 0 Å². The highest BCUT2D eigenvalue weighted by atomic mass is 79.9. The summed E-state index contributed by atoms with van der Waals surface area (Å²) in [6, 6.07) is 0. The lowest BCUT2D eigenvalue weighted by molar-refractivity contribution is 0.258. The molecule has 70 valence electrons. The predicted octanol–water partition coefficient (Wildman–Crippen LogP) is 3.16. The largest absolute Gasteiger partial charge is 0.498 e. The lowest BCUT2D eigenvalue weighted by atomic mass is 9.89. The first-order valence-corrected chi connectivity index (χ1v) is 5.98. The molecule has 0 N–H and O–H groups in total. The van der Waals surface area contributed by atoms with E-state index in [1.165, 1.54) is 31.4 Å². The minimum Gasteiger partial charge on any atom is -0.498 e. The molecular formula is C11H13BrO. The van der Waals surface area contributed by atoms with E-state index in [-0.39, 0.29) is 0 Å². The van der Waals surface area contributed by atoms with E-state index in [1.54, 1.807) is 11.1 Å². The summed E-state index contributed by atoms with van der Waals surface area (Å²) in [6.07, 6.45) is 7.39. The molecule has 0 aromatic heterocycles. The molecule has 2 atom stereocenters. The average Bonchev–Trinajstić information content (AvgIpc) is 2.71. The second-order valence-corrected chi connectivity index (χ2v) is 5.08. The molecule has 1 saturated heterocycles. The number of rotatable bonds is 0. The summed E-state index contributed by atoms with van der Waals surface area (Å²) in [5.41, 5.74) is 3.20. The van der Waals surface area contributed by atoms with Gasteiger partial charge in [-0.15, -0.1) is 0 Å². The molecule has 0 radical (unpaired) electrons. The Morgan fingerprint density at radius 2 is 2.31 bits per heavy atom. The van der Waals surface area contributed by atoms with E-state index < -0.39 is 0 Å². The Bertz CT molecular complexity index is 303. The third-order valence-corrected chi connectivity index (χ3v) is 4.56. The van der Waals surface area contributed by atoms with Crippen molar-refractivity contribution in [2.24, 2.45) is 5.92 Å². The zero-order valence-electron chi connectivity index (χ0n) is 7.55. The van der Waals surface area contributed by atoms with Gasteiger partial charge in [-0.3, -0.25) is 0 Å². The lowest BCUT2D eigenvalue weighted by Gasteiger charge is -2.24. The van der Waals surface area contributed by atoms with E-state index >= 15 is 0 Å². The zero-order valence-corrected chi connectivity index (χ0v) is 9.14. The van der Waals surface area contributed by atoms with Gasteiger partial charge in [-0.25, -0.2) is 0 Å². The van der Waals surface area contributed by atoms with E-state index in [2.05, 4.69) is 22.0 Å². The number of halogens is 1. The Hall–Kier alpha value is -0.240. The van der Waals surface area contributed by atoms with E-state index in [9.17, 15) is 0 Å². The molecule has 1 heterocycles. The molecule has 1 fully saturated rings. The Morgan fingerprint density at radius 3 is 3.23 bits per heavy atom. The first-order valence-electron chi connectivity index (χ1n) is 5.06. The van der Waals surface area contributed by atoms with Crippen LogP contribution in [0.15, 0.2) is 23.0 Å². The number of alkyl halides is 1. The van der Waals surface area contributed by atoms with Crippen molar-refractivity contribution in [3.8, 4) is 0 Å². The highest BCUT2D eigenvalue weighted by molar-refractivity contribution is 9.09. The number of ether oxygens (including phenoxy) is 1. The minimum atomic E-state index is 0.576. The molecule has 3 rings (SSSR count). The Morgan fingerprint density at radius 1 is 1.38 bits per heavy atom. The molecule has 3 aliphatic rings. The van der Waals surface area contributed by atoms with Crippen LogP contribution in [0.3, 0.4) is 0 Å². The van der Waals surface area contributed by atoms with Gasteiger partial charge in [-0.2, -0.15) is 0 Å². The minimum absolute atomic E-state index is 0.576. The standard InChI is InChI=1S/C11H13BrO/c12-11-8-3-1-2-7(8)6-10-9(11)4-5-13-10/h6,9,11H,1-5H2. The average molecular weight is 241 g/mol. The topological polar surface area (TPSA) is 9.23 Å². The molecule has 0 spiro atoms. The number of hydrogen-bond acceptors (Lipinski definition) is 1. The summed E-state index contributed by atoms with van der Waals surface area (Å²) in [4.78, 5) is 0.576. The van der Waals surface area contributed by atoms with Gasteiger partial charge in [0, 0.05) is 10.7 Å². The number of allylic oxidation sites excluding steroid dienone is 4. The SMILES string of the molecule is BrC1C2=C(C=C3OCCC31)CCC2. The van der Waals surface area contributed by atoms with Crippen LogP contribution in [0.4, 0.5) is 0 Å². The van der Waals surface area contributed by atoms with E-state index in [1.807, 2.05) is 0 Å². The maximum atomic E-state index is 5.63. The first-order chi connectivity index (χ1) is 6.36. The molecule has 2 heteroatoms. The van der Waals surface area contributed by atoms with Gasteiger partial charge in [-0.05, 0) is 37.3 Å². The summed E-state index contributed by atoms with van der Waals surface area (Å²) in [7, 11) is 0. The monoisotopic (exact) mass is 240 g/mol. The summed E-state index contributed by atoms with van der Waals surface area (Å²) in [6.45, 7) is 0.916. The van der Waals surface area contributed by atoms with Crippen molar-refractivity contribution in [1.29, 1.82) is 0 Å². The maximum Gasteiger partial charge on any atom is 0.101 e. The summed E-state index contributed by atoms with van der Waals surface area (Å²) >= 11 is 3.82. The van der Waals surface area contributed by atoms with Crippen LogP contribution in [-0.2, 0) is 4.74 Å². The molecule has 13 heavy (non-hydrogen) atoms. The van der Waals surface area contributed by atoms with Crippen LogP contribution in [0.25, 0.3) is 0 Å². The van der Waals surface area contributed by atoms with Crippen molar-refractivity contribution in [2.45, 2.75) is 30.5 Å². The van der Waals surface area contributed by atoms with Crippen LogP contribution in [0, 0.1) is 5.92 Å². The fourth-order valence-corrected chi connectivity index (χ4v) is 3.72. The number of fused-ring (bicyclic) bond motifs is 1. The van der Waals surface area contributed by atoms with Gasteiger partial charge in [0.15, 0.2) is 0 Å². The maximum absolute atomic E-state index is 5.63. The van der Waals surface area contributed by atoms with Gasteiger partial charge in [0.25, 0.3) is 0 Å². The fraction of sp³-hybridized carbons (Fsp3) is 0.636. The fourth-order valence-electron chi connectivity index (χ4n) is 2.68. The van der Waals surface area contributed by atoms with Gasteiger partial charge < -0.3 is 4.74 Å². The Balaban J connectivity index is 2.02. The molecule has 0 amide bonds. The van der Waals surface area contributed by atoms with Crippen LogP contribution >= 0.6 is 15.9 Å². The molecule has 0 aromatic rings. The normalized spacial score (nSPS) is 36.8. The van der Waals surface area contributed by atoms with E-state index in [0.29, 0.717) is 10.7 Å². The molecule has 1 nitrogen and oxygen atoms in total. The molecule has 2 unspecified atom stereocenters. The van der Waals surface area contributed by atoms with Gasteiger partial charge in [-0.1, -0.05) is 21.5 Å². The third-order valence-electron chi connectivity index (χ3n) is 3.37. The zero-order chi connectivity index (χ0) is 8.84. The highest BCUT2D eigenvalue weighted by Gasteiger charge is 2.37. The van der Waals surface area contributed by atoms with Crippen molar-refractivity contribution in [1.82, 2.24) is 0 Å². The Labute approximate surface area is 87.0 Å².